The topological polar surface area (TPSA) is 71.3 Å². The van der Waals surface area contributed by atoms with Crippen LogP contribution in [-0.2, 0) is 17.9 Å². The van der Waals surface area contributed by atoms with Crippen molar-refractivity contribution in [2.75, 3.05) is 39.3 Å². The lowest BCUT2D eigenvalue weighted by atomic mass is 10.3. The lowest BCUT2D eigenvalue weighted by molar-refractivity contribution is -0.121. The molecule has 1 aromatic heterocycles. The molecule has 1 amide bonds. The summed E-state index contributed by atoms with van der Waals surface area (Å²) in [5, 5.41) is 6.33. The third-order valence-corrected chi connectivity index (χ3v) is 5.12. The first kappa shape index (κ1) is 19.6. The van der Waals surface area contributed by atoms with Gasteiger partial charge in [0.2, 0.25) is 5.91 Å². The molecule has 0 unspecified atom stereocenters. The molecule has 0 saturated carbocycles. The number of aryl methyl sites for hydroxylation is 2. The monoisotopic (exact) mass is 373 g/mol. The van der Waals surface area contributed by atoms with Crippen molar-refractivity contribution in [2.24, 2.45) is 0 Å². The fourth-order valence-corrected chi connectivity index (χ4v) is 3.70. The zero-order valence-electron chi connectivity index (χ0n) is 16.2. The van der Waals surface area contributed by atoms with Gasteiger partial charge in [0.1, 0.15) is 0 Å². The SMILES string of the molecule is CCCn1c(=O)n(CCC(=O)NCCCN2CCNCC2)c2ccccc21. The highest BCUT2D eigenvalue weighted by atomic mass is 16.2. The Morgan fingerprint density at radius 2 is 1.74 bits per heavy atom. The van der Waals surface area contributed by atoms with Crippen molar-refractivity contribution >= 4 is 16.9 Å². The molecule has 27 heavy (non-hydrogen) atoms. The lowest BCUT2D eigenvalue weighted by Gasteiger charge is -2.27. The molecule has 1 fully saturated rings. The highest BCUT2D eigenvalue weighted by Gasteiger charge is 2.13. The molecule has 0 bridgehead atoms. The van der Waals surface area contributed by atoms with Gasteiger partial charge in [0.05, 0.1) is 11.0 Å². The minimum atomic E-state index is -0.0236. The minimum Gasteiger partial charge on any atom is -0.356 e. The average Bonchev–Trinajstić information content (AvgIpc) is 2.96. The Kier molecular flexibility index (Phi) is 7.06. The third-order valence-electron chi connectivity index (χ3n) is 5.12. The van der Waals surface area contributed by atoms with Gasteiger partial charge in [-0.1, -0.05) is 19.1 Å². The van der Waals surface area contributed by atoms with Gasteiger partial charge in [-0.05, 0) is 31.5 Å². The Morgan fingerprint density at radius 3 is 2.41 bits per heavy atom. The number of benzene rings is 1. The second-order valence-electron chi connectivity index (χ2n) is 7.12. The number of para-hydroxylation sites is 2. The van der Waals surface area contributed by atoms with Crippen LogP contribution in [0.2, 0.25) is 0 Å². The third kappa shape index (κ3) is 4.99. The van der Waals surface area contributed by atoms with E-state index in [-0.39, 0.29) is 11.6 Å². The largest absolute Gasteiger partial charge is 0.356 e. The summed E-state index contributed by atoms with van der Waals surface area (Å²) in [4.78, 5) is 27.3. The number of nitrogens with one attached hydrogen (secondary N) is 2. The molecule has 0 radical (unpaired) electrons. The summed E-state index contributed by atoms with van der Waals surface area (Å²) in [5.41, 5.74) is 1.83. The summed E-state index contributed by atoms with van der Waals surface area (Å²) in [7, 11) is 0. The quantitative estimate of drug-likeness (QED) is 0.644. The number of carbonyl (C=O) groups is 1. The number of amides is 1. The molecule has 0 atom stereocenters. The first-order valence-electron chi connectivity index (χ1n) is 10.1. The van der Waals surface area contributed by atoms with Crippen LogP contribution in [0.1, 0.15) is 26.2 Å². The van der Waals surface area contributed by atoms with Gasteiger partial charge in [0.25, 0.3) is 0 Å². The fraction of sp³-hybridized carbons (Fsp3) is 0.600. The zero-order valence-corrected chi connectivity index (χ0v) is 16.2. The molecule has 1 aliphatic rings. The maximum atomic E-state index is 12.7. The van der Waals surface area contributed by atoms with E-state index < -0.39 is 0 Å². The fourth-order valence-electron chi connectivity index (χ4n) is 3.70. The van der Waals surface area contributed by atoms with Gasteiger partial charge in [0.15, 0.2) is 0 Å². The number of rotatable bonds is 9. The first-order valence-corrected chi connectivity index (χ1v) is 10.1. The molecule has 7 heteroatoms. The highest BCUT2D eigenvalue weighted by molar-refractivity contribution is 5.77. The van der Waals surface area contributed by atoms with Crippen molar-refractivity contribution in [3.63, 3.8) is 0 Å². The minimum absolute atomic E-state index is 0.00883. The summed E-state index contributed by atoms with van der Waals surface area (Å²) in [6.07, 6.45) is 2.19. The zero-order chi connectivity index (χ0) is 19.1. The maximum absolute atomic E-state index is 12.7. The molecule has 0 aliphatic carbocycles. The average molecular weight is 374 g/mol. The lowest BCUT2D eigenvalue weighted by Crippen LogP contribution is -2.44. The van der Waals surface area contributed by atoms with Crippen LogP contribution in [0.3, 0.4) is 0 Å². The van der Waals surface area contributed by atoms with E-state index in [2.05, 4.69) is 22.5 Å². The van der Waals surface area contributed by atoms with Crippen LogP contribution in [0.25, 0.3) is 11.0 Å². The Bertz CT molecular complexity index is 804. The normalized spacial score (nSPS) is 15.3. The van der Waals surface area contributed by atoms with Gasteiger partial charge in [-0.3, -0.25) is 13.9 Å². The van der Waals surface area contributed by atoms with E-state index in [1.807, 2.05) is 24.3 Å². The van der Waals surface area contributed by atoms with Crippen LogP contribution in [0, 0.1) is 0 Å². The van der Waals surface area contributed by atoms with E-state index in [4.69, 9.17) is 0 Å². The molecule has 1 saturated heterocycles. The Labute approximate surface area is 160 Å². The van der Waals surface area contributed by atoms with E-state index in [1.165, 1.54) is 0 Å². The van der Waals surface area contributed by atoms with Gasteiger partial charge in [-0.15, -0.1) is 0 Å². The molecule has 2 heterocycles. The van der Waals surface area contributed by atoms with Crippen LogP contribution in [0.5, 0.6) is 0 Å². The summed E-state index contributed by atoms with van der Waals surface area (Å²) < 4.78 is 3.53. The van der Waals surface area contributed by atoms with Crippen molar-refractivity contribution in [2.45, 2.75) is 39.3 Å². The number of imidazole rings is 1. The standard InChI is InChI=1S/C20H31N5O2/c1-2-12-24-17-6-3-4-7-18(17)25(20(24)27)14-8-19(26)22-9-5-13-23-15-10-21-11-16-23/h3-4,6-7,21H,2,5,8-16H2,1H3,(H,22,26). The molecule has 2 N–H and O–H groups in total. The summed E-state index contributed by atoms with van der Waals surface area (Å²) in [5.74, 6) is 0.00883. The number of aromatic nitrogens is 2. The smallest absolute Gasteiger partial charge is 0.329 e. The van der Waals surface area contributed by atoms with E-state index in [0.29, 0.717) is 26.1 Å². The summed E-state index contributed by atoms with van der Waals surface area (Å²) in [6.45, 7) is 9.15. The van der Waals surface area contributed by atoms with Crippen LogP contribution < -0.4 is 16.3 Å². The molecular formula is C20H31N5O2. The van der Waals surface area contributed by atoms with Crippen molar-refractivity contribution in [1.29, 1.82) is 0 Å². The van der Waals surface area contributed by atoms with E-state index >= 15 is 0 Å². The number of nitrogens with zero attached hydrogens (tertiary/aromatic N) is 3. The molecule has 2 aromatic rings. The van der Waals surface area contributed by atoms with Crippen LogP contribution in [0.15, 0.2) is 29.1 Å². The first-order chi connectivity index (χ1) is 13.2. The highest BCUT2D eigenvalue weighted by Crippen LogP contribution is 2.13. The molecule has 1 aromatic carbocycles. The number of carbonyl (C=O) groups excluding carboxylic acids is 1. The summed E-state index contributed by atoms with van der Waals surface area (Å²) >= 11 is 0. The number of fused-ring (bicyclic) bond motifs is 1. The molecule has 148 valence electrons. The van der Waals surface area contributed by atoms with Crippen LogP contribution in [-0.4, -0.2) is 59.2 Å². The Hall–Kier alpha value is -2.12. The van der Waals surface area contributed by atoms with Crippen molar-refractivity contribution in [1.82, 2.24) is 24.7 Å². The molecule has 3 rings (SSSR count). The van der Waals surface area contributed by atoms with Crippen molar-refractivity contribution < 1.29 is 4.79 Å². The van der Waals surface area contributed by atoms with Crippen LogP contribution in [0.4, 0.5) is 0 Å². The van der Waals surface area contributed by atoms with Crippen LogP contribution >= 0.6 is 0 Å². The predicted octanol–water partition coefficient (Wildman–Crippen LogP) is 1.01. The van der Waals surface area contributed by atoms with Gasteiger partial charge >= 0.3 is 5.69 Å². The molecular weight excluding hydrogens is 342 g/mol. The van der Waals surface area contributed by atoms with E-state index in [9.17, 15) is 9.59 Å². The van der Waals surface area contributed by atoms with Gasteiger partial charge in [-0.25, -0.2) is 4.79 Å². The number of hydrogen-bond donors (Lipinski definition) is 2. The van der Waals surface area contributed by atoms with E-state index in [1.54, 1.807) is 9.13 Å². The number of piperazine rings is 1. The predicted molar refractivity (Wildman–Crippen MR) is 108 cm³/mol. The van der Waals surface area contributed by atoms with Crippen molar-refractivity contribution in [3.05, 3.63) is 34.7 Å². The summed E-state index contributed by atoms with van der Waals surface area (Å²) in [6, 6.07) is 7.81. The van der Waals surface area contributed by atoms with Gasteiger partial charge < -0.3 is 15.5 Å². The maximum Gasteiger partial charge on any atom is 0.329 e. The molecule has 1 aliphatic heterocycles. The van der Waals surface area contributed by atoms with Gasteiger partial charge in [0, 0.05) is 52.2 Å². The van der Waals surface area contributed by atoms with Gasteiger partial charge in [-0.2, -0.15) is 0 Å². The second-order valence-corrected chi connectivity index (χ2v) is 7.12. The molecule has 0 spiro atoms. The Morgan fingerprint density at radius 1 is 1.07 bits per heavy atom. The molecule has 7 nitrogen and oxygen atoms in total. The van der Waals surface area contributed by atoms with Crippen molar-refractivity contribution in [3.8, 4) is 0 Å². The number of hydrogen-bond acceptors (Lipinski definition) is 4. The van der Waals surface area contributed by atoms with E-state index in [0.717, 1.165) is 56.6 Å². The Balaban J connectivity index is 1.50. The second kappa shape index (κ2) is 9.71.